The molecule has 0 aromatic carbocycles. The molecular weight excluding hydrogens is 348 g/mol. The molecule has 2 atom stereocenters. The van der Waals surface area contributed by atoms with E-state index in [2.05, 4.69) is 22.3 Å². The molecule has 2 amide bonds. The lowest BCUT2D eigenvalue weighted by atomic mass is 9.92. The van der Waals surface area contributed by atoms with Crippen LogP contribution in [-0.4, -0.2) is 57.6 Å². The zero-order valence-corrected chi connectivity index (χ0v) is 15.3. The van der Waals surface area contributed by atoms with Crippen molar-refractivity contribution in [2.45, 2.75) is 25.8 Å². The van der Waals surface area contributed by atoms with Gasteiger partial charge in [-0.15, -0.1) is 0 Å². The van der Waals surface area contributed by atoms with Crippen LogP contribution >= 0.6 is 0 Å². The highest BCUT2D eigenvalue weighted by atomic mass is 16.2. The topological polar surface area (TPSA) is 133 Å². The third-order valence-corrected chi connectivity index (χ3v) is 5.14. The van der Waals surface area contributed by atoms with Crippen LogP contribution in [0, 0.1) is 17.2 Å². The SMILES string of the molecule is C[C@@H]1CCN(C(=O)CC#N)C[C@@H]1N(C)c1ncnc2c1ccn2C(=O)NN. The van der Waals surface area contributed by atoms with Crippen molar-refractivity contribution in [3.63, 3.8) is 0 Å². The first-order chi connectivity index (χ1) is 13.0. The Kier molecular flexibility index (Phi) is 5.23. The predicted molar refractivity (Wildman–Crippen MR) is 98.4 cm³/mol. The summed E-state index contributed by atoms with van der Waals surface area (Å²) in [7, 11) is 1.92. The average Bonchev–Trinajstić information content (AvgIpc) is 3.11. The Bertz CT molecular complexity index is 902. The Morgan fingerprint density at radius 1 is 1.48 bits per heavy atom. The van der Waals surface area contributed by atoms with Crippen LogP contribution in [0.1, 0.15) is 19.8 Å². The summed E-state index contributed by atoms with van der Waals surface area (Å²) in [6.45, 7) is 3.31. The van der Waals surface area contributed by atoms with E-state index in [0.29, 0.717) is 30.5 Å². The number of nitriles is 1. The van der Waals surface area contributed by atoms with E-state index in [9.17, 15) is 9.59 Å². The Morgan fingerprint density at radius 2 is 2.26 bits per heavy atom. The summed E-state index contributed by atoms with van der Waals surface area (Å²) in [4.78, 5) is 36.4. The first kappa shape index (κ1) is 18.6. The molecule has 0 saturated carbocycles. The zero-order chi connectivity index (χ0) is 19.6. The van der Waals surface area contributed by atoms with Gasteiger partial charge in [0.1, 0.15) is 18.6 Å². The quantitative estimate of drug-likeness (QED) is 0.455. The lowest BCUT2D eigenvalue weighted by Gasteiger charge is -2.42. The standard InChI is InChI=1S/C17H22N8O2/c1-11-4-7-24(14(26)3-6-18)9-13(11)23(2)15-12-5-8-25(17(27)22-19)16(12)21-10-20-15/h5,8,10-11,13H,3-4,7,9,19H2,1-2H3,(H,22,27)/t11-,13+/m1/s1. The Hall–Kier alpha value is -3.19. The number of amides is 2. The minimum absolute atomic E-state index is 0.0335. The normalized spacial score (nSPS) is 19.6. The van der Waals surface area contributed by atoms with Gasteiger partial charge in [0.15, 0.2) is 5.65 Å². The molecule has 1 fully saturated rings. The molecule has 1 saturated heterocycles. The highest BCUT2D eigenvalue weighted by molar-refractivity contribution is 5.94. The summed E-state index contributed by atoms with van der Waals surface area (Å²) >= 11 is 0. The third kappa shape index (κ3) is 3.41. The van der Waals surface area contributed by atoms with Crippen molar-refractivity contribution in [1.82, 2.24) is 24.9 Å². The van der Waals surface area contributed by atoms with E-state index in [1.807, 2.05) is 18.0 Å². The van der Waals surface area contributed by atoms with E-state index >= 15 is 0 Å². The first-order valence-electron chi connectivity index (χ1n) is 8.68. The number of aromatic nitrogens is 3. The predicted octanol–water partition coefficient (Wildman–Crippen LogP) is 0.450. The number of rotatable bonds is 3. The fraction of sp³-hybridized carbons (Fsp3) is 0.471. The number of carbonyl (C=O) groups excluding carboxylic acids is 2. The van der Waals surface area contributed by atoms with Crippen molar-refractivity contribution < 1.29 is 9.59 Å². The molecule has 10 heteroatoms. The van der Waals surface area contributed by atoms with Gasteiger partial charge >= 0.3 is 6.03 Å². The maximum Gasteiger partial charge on any atom is 0.341 e. The van der Waals surface area contributed by atoms with E-state index < -0.39 is 6.03 Å². The molecule has 142 valence electrons. The van der Waals surface area contributed by atoms with E-state index in [0.717, 1.165) is 11.8 Å². The minimum Gasteiger partial charge on any atom is -0.354 e. The second kappa shape index (κ2) is 7.59. The molecule has 2 aromatic heterocycles. The third-order valence-electron chi connectivity index (χ3n) is 5.14. The highest BCUT2D eigenvalue weighted by Gasteiger charge is 2.32. The number of nitrogen functional groups attached to an aromatic ring is 1. The number of nitrogens with zero attached hydrogens (tertiary/aromatic N) is 6. The van der Waals surface area contributed by atoms with Gasteiger partial charge in [0.05, 0.1) is 17.5 Å². The van der Waals surface area contributed by atoms with Gasteiger partial charge < -0.3 is 9.80 Å². The molecule has 3 heterocycles. The molecule has 1 aliphatic rings. The number of hydrazine groups is 1. The highest BCUT2D eigenvalue weighted by Crippen LogP contribution is 2.29. The summed E-state index contributed by atoms with van der Waals surface area (Å²) in [5.74, 6) is 6.08. The number of nitrogens with one attached hydrogen (secondary N) is 1. The monoisotopic (exact) mass is 370 g/mol. The number of nitrogens with two attached hydrogens (primary N) is 1. The number of likely N-dealkylation sites (N-methyl/N-ethyl adjacent to an activating group) is 1. The fourth-order valence-electron chi connectivity index (χ4n) is 3.57. The van der Waals surface area contributed by atoms with Crippen LogP contribution in [0.4, 0.5) is 10.6 Å². The van der Waals surface area contributed by atoms with Crippen molar-refractivity contribution in [2.24, 2.45) is 11.8 Å². The number of hydrogen-bond acceptors (Lipinski definition) is 7. The molecule has 0 unspecified atom stereocenters. The Balaban J connectivity index is 1.91. The van der Waals surface area contributed by atoms with Gasteiger partial charge in [-0.3, -0.25) is 14.8 Å². The van der Waals surface area contributed by atoms with Crippen LogP contribution in [0.2, 0.25) is 0 Å². The molecule has 0 aliphatic carbocycles. The summed E-state index contributed by atoms with van der Waals surface area (Å²) in [6, 6.07) is 3.23. The van der Waals surface area contributed by atoms with Crippen molar-refractivity contribution >= 4 is 28.8 Å². The Morgan fingerprint density at radius 3 is 2.96 bits per heavy atom. The van der Waals surface area contributed by atoms with E-state index in [4.69, 9.17) is 11.1 Å². The molecule has 1 aliphatic heterocycles. The van der Waals surface area contributed by atoms with Crippen molar-refractivity contribution in [3.8, 4) is 6.07 Å². The van der Waals surface area contributed by atoms with Crippen LogP contribution in [0.5, 0.6) is 0 Å². The number of anilines is 1. The molecule has 0 bridgehead atoms. The van der Waals surface area contributed by atoms with Gasteiger partial charge in [0.2, 0.25) is 5.91 Å². The second-order valence-electron chi connectivity index (χ2n) is 6.69. The first-order valence-corrected chi connectivity index (χ1v) is 8.68. The number of fused-ring (bicyclic) bond motifs is 1. The average molecular weight is 370 g/mol. The van der Waals surface area contributed by atoms with Crippen LogP contribution in [0.25, 0.3) is 11.0 Å². The molecular formula is C17H22N8O2. The minimum atomic E-state index is -0.489. The number of likely N-dealkylation sites (tertiary alicyclic amines) is 1. The number of piperidine rings is 1. The maximum atomic E-state index is 12.1. The molecule has 27 heavy (non-hydrogen) atoms. The smallest absolute Gasteiger partial charge is 0.341 e. The second-order valence-corrected chi connectivity index (χ2v) is 6.69. The lowest BCUT2D eigenvalue weighted by Crippen LogP contribution is -2.52. The van der Waals surface area contributed by atoms with Crippen LogP contribution < -0.4 is 16.2 Å². The van der Waals surface area contributed by atoms with Gasteiger partial charge in [0.25, 0.3) is 0 Å². The molecule has 2 aromatic rings. The maximum absolute atomic E-state index is 12.1. The Labute approximate surface area is 156 Å². The van der Waals surface area contributed by atoms with Gasteiger partial charge in [-0.25, -0.2) is 20.6 Å². The zero-order valence-electron chi connectivity index (χ0n) is 15.3. The van der Waals surface area contributed by atoms with E-state index in [1.54, 1.807) is 17.2 Å². The van der Waals surface area contributed by atoms with Gasteiger partial charge in [0, 0.05) is 26.3 Å². The molecule has 3 N–H and O–H groups in total. The van der Waals surface area contributed by atoms with Crippen LogP contribution in [0.15, 0.2) is 18.6 Å². The van der Waals surface area contributed by atoms with Gasteiger partial charge in [-0.2, -0.15) is 5.26 Å². The van der Waals surface area contributed by atoms with Crippen LogP contribution in [-0.2, 0) is 4.79 Å². The van der Waals surface area contributed by atoms with E-state index in [-0.39, 0.29) is 18.4 Å². The van der Waals surface area contributed by atoms with Crippen molar-refractivity contribution in [3.05, 3.63) is 18.6 Å². The molecule has 10 nitrogen and oxygen atoms in total. The largest absolute Gasteiger partial charge is 0.354 e. The molecule has 0 spiro atoms. The molecule has 3 rings (SSSR count). The fourth-order valence-corrected chi connectivity index (χ4v) is 3.57. The summed E-state index contributed by atoms with van der Waals surface area (Å²) in [6.07, 6.45) is 3.73. The molecule has 0 radical (unpaired) electrons. The van der Waals surface area contributed by atoms with Gasteiger partial charge in [-0.05, 0) is 18.4 Å². The summed E-state index contributed by atoms with van der Waals surface area (Å²) < 4.78 is 1.32. The summed E-state index contributed by atoms with van der Waals surface area (Å²) in [5, 5.41) is 9.51. The van der Waals surface area contributed by atoms with Crippen LogP contribution in [0.3, 0.4) is 0 Å². The van der Waals surface area contributed by atoms with Gasteiger partial charge in [-0.1, -0.05) is 6.92 Å². The summed E-state index contributed by atoms with van der Waals surface area (Å²) in [5.41, 5.74) is 2.54. The van der Waals surface area contributed by atoms with E-state index in [1.165, 1.54) is 10.9 Å². The number of carbonyl (C=O) groups is 2. The number of hydrogen-bond donors (Lipinski definition) is 2. The van der Waals surface area contributed by atoms with Crippen molar-refractivity contribution in [1.29, 1.82) is 5.26 Å². The van der Waals surface area contributed by atoms with Crippen molar-refractivity contribution in [2.75, 3.05) is 25.0 Å². The lowest BCUT2D eigenvalue weighted by molar-refractivity contribution is -0.131.